The number of Topliss-reactive ketones (excluding diaryl/α,β-unsaturated/α-hetero) is 1. The van der Waals surface area contributed by atoms with Gasteiger partial charge in [-0.15, -0.1) is 0 Å². The molecule has 3 nitrogen and oxygen atoms in total. The fourth-order valence-corrected chi connectivity index (χ4v) is 1.81. The molecule has 1 atom stereocenters. The number of carbonyl (C=O) groups is 1. The SMILES string of the molecule is CCCC(OCC[N+](C)(C)C)C(=O)c1ccccc1. The highest BCUT2D eigenvalue weighted by Crippen LogP contribution is 2.11. The Balaban J connectivity index is 2.59. The zero-order chi connectivity index (χ0) is 14.3. The summed E-state index contributed by atoms with van der Waals surface area (Å²) in [4.78, 5) is 12.4. The Bertz CT molecular complexity index is 381. The molecular weight excluding hydrogens is 238 g/mol. The first kappa shape index (κ1) is 15.9. The monoisotopic (exact) mass is 264 g/mol. The predicted molar refractivity (Wildman–Crippen MR) is 78.3 cm³/mol. The molecule has 106 valence electrons. The second-order valence-electron chi connectivity index (χ2n) is 5.89. The van der Waals surface area contributed by atoms with E-state index >= 15 is 0 Å². The number of quaternary nitrogens is 1. The van der Waals surface area contributed by atoms with E-state index in [1.165, 1.54) is 0 Å². The zero-order valence-corrected chi connectivity index (χ0v) is 12.6. The largest absolute Gasteiger partial charge is 0.364 e. The fraction of sp³-hybridized carbons (Fsp3) is 0.562. The van der Waals surface area contributed by atoms with Crippen molar-refractivity contribution in [2.75, 3.05) is 34.3 Å². The first-order valence-corrected chi connectivity index (χ1v) is 6.95. The van der Waals surface area contributed by atoms with Gasteiger partial charge in [0.1, 0.15) is 12.6 Å². The molecule has 1 aromatic carbocycles. The third-order valence-corrected chi connectivity index (χ3v) is 2.98. The molecule has 0 saturated heterocycles. The molecule has 0 bridgehead atoms. The molecule has 0 N–H and O–H groups in total. The average molecular weight is 264 g/mol. The second kappa shape index (κ2) is 7.41. The van der Waals surface area contributed by atoms with Crippen molar-refractivity contribution in [3.05, 3.63) is 35.9 Å². The molecule has 0 amide bonds. The van der Waals surface area contributed by atoms with Crippen LogP contribution in [-0.4, -0.2) is 50.7 Å². The van der Waals surface area contributed by atoms with Gasteiger partial charge in [-0.25, -0.2) is 0 Å². The van der Waals surface area contributed by atoms with Crippen LogP contribution in [0, 0.1) is 0 Å². The molecule has 0 saturated carbocycles. The van der Waals surface area contributed by atoms with Gasteiger partial charge in [-0.3, -0.25) is 4.79 Å². The van der Waals surface area contributed by atoms with Gasteiger partial charge in [-0.05, 0) is 6.42 Å². The Labute approximate surface area is 116 Å². The van der Waals surface area contributed by atoms with E-state index in [1.54, 1.807) is 0 Å². The number of rotatable bonds is 8. The maximum Gasteiger partial charge on any atom is 0.191 e. The number of hydrogen-bond donors (Lipinski definition) is 0. The van der Waals surface area contributed by atoms with Crippen molar-refractivity contribution in [1.82, 2.24) is 0 Å². The van der Waals surface area contributed by atoms with Gasteiger partial charge in [0, 0.05) is 5.56 Å². The van der Waals surface area contributed by atoms with E-state index in [-0.39, 0.29) is 11.9 Å². The molecule has 3 heteroatoms. The highest BCUT2D eigenvalue weighted by molar-refractivity contribution is 5.99. The quantitative estimate of drug-likeness (QED) is 0.533. The lowest BCUT2D eigenvalue weighted by atomic mass is 10.0. The molecule has 0 aliphatic carbocycles. The highest BCUT2D eigenvalue weighted by Gasteiger charge is 2.20. The molecule has 0 aromatic heterocycles. The van der Waals surface area contributed by atoms with E-state index in [9.17, 15) is 4.79 Å². The topological polar surface area (TPSA) is 26.3 Å². The smallest absolute Gasteiger partial charge is 0.191 e. The normalized spacial score (nSPS) is 13.3. The molecule has 0 heterocycles. The maximum absolute atomic E-state index is 12.4. The van der Waals surface area contributed by atoms with Crippen LogP contribution in [0.25, 0.3) is 0 Å². The van der Waals surface area contributed by atoms with E-state index in [0.29, 0.717) is 6.61 Å². The Morgan fingerprint density at radius 3 is 2.37 bits per heavy atom. The van der Waals surface area contributed by atoms with Crippen molar-refractivity contribution in [3.8, 4) is 0 Å². The van der Waals surface area contributed by atoms with Gasteiger partial charge in [0.2, 0.25) is 0 Å². The number of ether oxygens (including phenoxy) is 1. The van der Waals surface area contributed by atoms with Crippen LogP contribution in [0.4, 0.5) is 0 Å². The Kier molecular flexibility index (Phi) is 6.19. The van der Waals surface area contributed by atoms with Crippen molar-refractivity contribution < 1.29 is 14.0 Å². The van der Waals surface area contributed by atoms with Crippen molar-refractivity contribution in [2.24, 2.45) is 0 Å². The summed E-state index contributed by atoms with van der Waals surface area (Å²) in [7, 11) is 6.37. The average Bonchev–Trinajstić information content (AvgIpc) is 2.36. The number of hydrogen-bond acceptors (Lipinski definition) is 2. The number of ketones is 1. The third kappa shape index (κ3) is 5.99. The lowest BCUT2D eigenvalue weighted by Crippen LogP contribution is -2.39. The van der Waals surface area contributed by atoms with Gasteiger partial charge < -0.3 is 9.22 Å². The van der Waals surface area contributed by atoms with Gasteiger partial charge in [0.15, 0.2) is 5.78 Å². The van der Waals surface area contributed by atoms with E-state index in [1.807, 2.05) is 30.3 Å². The van der Waals surface area contributed by atoms with Crippen LogP contribution >= 0.6 is 0 Å². The molecular formula is C16H26NO2+. The molecule has 1 aromatic rings. The second-order valence-corrected chi connectivity index (χ2v) is 5.89. The Morgan fingerprint density at radius 1 is 1.21 bits per heavy atom. The van der Waals surface area contributed by atoms with Gasteiger partial charge in [-0.1, -0.05) is 43.7 Å². The molecule has 1 rings (SSSR count). The van der Waals surface area contributed by atoms with Gasteiger partial charge in [0.05, 0.1) is 27.7 Å². The first-order chi connectivity index (χ1) is 8.94. The van der Waals surface area contributed by atoms with Crippen LogP contribution in [0.2, 0.25) is 0 Å². The van der Waals surface area contributed by atoms with Crippen molar-refractivity contribution in [2.45, 2.75) is 25.9 Å². The molecule has 0 aliphatic rings. The number of benzene rings is 1. The third-order valence-electron chi connectivity index (χ3n) is 2.98. The number of likely N-dealkylation sites (N-methyl/N-ethyl adjacent to an activating group) is 1. The van der Waals surface area contributed by atoms with Gasteiger partial charge in [0.25, 0.3) is 0 Å². The summed E-state index contributed by atoms with van der Waals surface area (Å²) in [6.07, 6.45) is 1.43. The molecule has 0 spiro atoms. The van der Waals surface area contributed by atoms with Crippen molar-refractivity contribution >= 4 is 5.78 Å². The summed E-state index contributed by atoms with van der Waals surface area (Å²) in [6.45, 7) is 3.60. The molecule has 0 fully saturated rings. The van der Waals surface area contributed by atoms with E-state index in [2.05, 4.69) is 28.1 Å². The lowest BCUT2D eigenvalue weighted by molar-refractivity contribution is -0.870. The summed E-state index contributed by atoms with van der Waals surface area (Å²) in [5.41, 5.74) is 0.742. The van der Waals surface area contributed by atoms with Crippen LogP contribution in [0.1, 0.15) is 30.1 Å². The number of carbonyl (C=O) groups excluding carboxylic acids is 1. The summed E-state index contributed by atoms with van der Waals surface area (Å²) in [5, 5.41) is 0. The Morgan fingerprint density at radius 2 is 1.84 bits per heavy atom. The standard InChI is InChI=1S/C16H26NO2/c1-5-9-15(19-13-12-17(2,3)4)16(18)14-10-7-6-8-11-14/h6-8,10-11,15H,5,9,12-13H2,1-4H3/q+1. The molecule has 0 radical (unpaired) electrons. The summed E-state index contributed by atoms with van der Waals surface area (Å²) < 4.78 is 6.66. The van der Waals surface area contributed by atoms with Crippen molar-refractivity contribution in [1.29, 1.82) is 0 Å². The molecule has 0 aliphatic heterocycles. The summed E-state index contributed by atoms with van der Waals surface area (Å²) in [6, 6.07) is 9.41. The highest BCUT2D eigenvalue weighted by atomic mass is 16.5. The summed E-state index contributed by atoms with van der Waals surface area (Å²) >= 11 is 0. The minimum absolute atomic E-state index is 0.101. The van der Waals surface area contributed by atoms with Crippen LogP contribution in [-0.2, 0) is 4.74 Å². The van der Waals surface area contributed by atoms with Gasteiger partial charge in [-0.2, -0.15) is 0 Å². The fourth-order valence-electron chi connectivity index (χ4n) is 1.81. The van der Waals surface area contributed by atoms with Crippen molar-refractivity contribution in [3.63, 3.8) is 0 Å². The molecule has 1 unspecified atom stereocenters. The summed E-state index contributed by atoms with van der Waals surface area (Å²) in [5.74, 6) is 0.101. The Hall–Kier alpha value is -1.19. The maximum atomic E-state index is 12.4. The first-order valence-electron chi connectivity index (χ1n) is 6.95. The predicted octanol–water partition coefficient (Wildman–Crippen LogP) is 2.76. The van der Waals surface area contributed by atoms with Crippen LogP contribution < -0.4 is 0 Å². The van der Waals surface area contributed by atoms with Gasteiger partial charge >= 0.3 is 0 Å². The van der Waals surface area contributed by atoms with E-state index in [0.717, 1.165) is 29.4 Å². The zero-order valence-electron chi connectivity index (χ0n) is 12.6. The van der Waals surface area contributed by atoms with E-state index in [4.69, 9.17) is 4.74 Å². The van der Waals surface area contributed by atoms with E-state index < -0.39 is 0 Å². The minimum Gasteiger partial charge on any atom is -0.364 e. The van der Waals surface area contributed by atoms with Crippen LogP contribution in [0.15, 0.2) is 30.3 Å². The van der Waals surface area contributed by atoms with Crippen LogP contribution in [0.5, 0.6) is 0 Å². The minimum atomic E-state index is -0.307. The number of nitrogens with zero attached hydrogens (tertiary/aromatic N) is 1. The van der Waals surface area contributed by atoms with Crippen LogP contribution in [0.3, 0.4) is 0 Å². The lowest BCUT2D eigenvalue weighted by Gasteiger charge is -2.25. The molecule has 19 heavy (non-hydrogen) atoms.